The molecule has 1 radical (unpaired) electrons. The Balaban J connectivity index is 2.03. The molecule has 1 aliphatic heterocycles. The molecule has 0 unspecified atom stereocenters. The van der Waals surface area contributed by atoms with Gasteiger partial charge in [0, 0.05) is 32.3 Å². The van der Waals surface area contributed by atoms with E-state index in [0.29, 0.717) is 0 Å². The quantitative estimate of drug-likeness (QED) is 0.766. The van der Waals surface area contributed by atoms with E-state index < -0.39 is 0 Å². The van der Waals surface area contributed by atoms with E-state index >= 15 is 0 Å². The summed E-state index contributed by atoms with van der Waals surface area (Å²) >= 11 is 0. The van der Waals surface area contributed by atoms with Gasteiger partial charge in [-0.1, -0.05) is 12.1 Å². The standard InChI is InChI=1S/C14H21N2O/c17-12-6-9-15-13-7-2-3-8-14(13)16-10-4-1-5-11-16/h2-3,7,15,17H,1,4-6,9-12H2. The summed E-state index contributed by atoms with van der Waals surface area (Å²) in [5.41, 5.74) is 2.33. The molecule has 0 saturated carbocycles. The fourth-order valence-corrected chi connectivity index (χ4v) is 2.25. The lowest BCUT2D eigenvalue weighted by atomic mass is 10.1. The van der Waals surface area contributed by atoms with Crippen LogP contribution >= 0.6 is 0 Å². The third-order valence-corrected chi connectivity index (χ3v) is 3.16. The molecule has 93 valence electrons. The van der Waals surface area contributed by atoms with Crippen LogP contribution in [0.3, 0.4) is 0 Å². The van der Waals surface area contributed by atoms with E-state index in [1.54, 1.807) is 0 Å². The summed E-state index contributed by atoms with van der Waals surface area (Å²) in [5.74, 6) is 0. The third-order valence-electron chi connectivity index (χ3n) is 3.16. The molecular weight excluding hydrogens is 212 g/mol. The number of piperidine rings is 1. The van der Waals surface area contributed by atoms with Crippen molar-refractivity contribution in [2.75, 3.05) is 36.5 Å². The van der Waals surface area contributed by atoms with E-state index in [1.165, 1.54) is 24.9 Å². The van der Waals surface area contributed by atoms with Crippen molar-refractivity contribution in [2.24, 2.45) is 0 Å². The van der Waals surface area contributed by atoms with E-state index in [0.717, 1.165) is 31.7 Å². The molecule has 1 saturated heterocycles. The van der Waals surface area contributed by atoms with E-state index in [2.05, 4.69) is 22.3 Å². The zero-order valence-corrected chi connectivity index (χ0v) is 10.3. The maximum atomic E-state index is 8.80. The average molecular weight is 233 g/mol. The van der Waals surface area contributed by atoms with Gasteiger partial charge in [0.2, 0.25) is 0 Å². The monoisotopic (exact) mass is 233 g/mol. The van der Waals surface area contributed by atoms with Gasteiger partial charge in [0.15, 0.2) is 0 Å². The van der Waals surface area contributed by atoms with E-state index in [4.69, 9.17) is 5.11 Å². The molecule has 2 rings (SSSR count). The Bertz CT molecular complexity index is 335. The van der Waals surface area contributed by atoms with Crippen molar-refractivity contribution in [2.45, 2.75) is 25.7 Å². The van der Waals surface area contributed by atoms with Crippen molar-refractivity contribution in [3.8, 4) is 0 Å². The second-order valence-electron chi connectivity index (χ2n) is 4.48. The van der Waals surface area contributed by atoms with Crippen LogP contribution in [0.5, 0.6) is 0 Å². The first-order valence-corrected chi connectivity index (χ1v) is 6.52. The number of aliphatic hydroxyl groups is 1. The van der Waals surface area contributed by atoms with Gasteiger partial charge in [0.25, 0.3) is 0 Å². The van der Waals surface area contributed by atoms with Gasteiger partial charge in [0.1, 0.15) is 0 Å². The van der Waals surface area contributed by atoms with Gasteiger partial charge in [-0.2, -0.15) is 0 Å². The molecule has 0 bridgehead atoms. The van der Waals surface area contributed by atoms with Crippen molar-refractivity contribution in [3.05, 3.63) is 24.3 Å². The summed E-state index contributed by atoms with van der Waals surface area (Å²) in [4.78, 5) is 2.41. The zero-order valence-electron chi connectivity index (χ0n) is 10.3. The Morgan fingerprint density at radius 3 is 2.88 bits per heavy atom. The minimum atomic E-state index is 0.239. The highest BCUT2D eigenvalue weighted by Gasteiger charge is 2.13. The van der Waals surface area contributed by atoms with Gasteiger partial charge in [-0.05, 0) is 31.7 Å². The van der Waals surface area contributed by atoms with Crippen molar-refractivity contribution < 1.29 is 5.11 Å². The Kier molecular flexibility index (Phi) is 4.68. The molecule has 3 nitrogen and oxygen atoms in total. The topological polar surface area (TPSA) is 35.5 Å². The lowest BCUT2D eigenvalue weighted by Gasteiger charge is -2.30. The Hall–Kier alpha value is -1.22. The van der Waals surface area contributed by atoms with Crippen LogP contribution in [0, 0.1) is 6.07 Å². The fourth-order valence-electron chi connectivity index (χ4n) is 2.25. The molecule has 0 atom stereocenters. The molecule has 0 amide bonds. The lowest BCUT2D eigenvalue weighted by molar-refractivity contribution is 0.292. The van der Waals surface area contributed by atoms with Crippen LogP contribution in [0.4, 0.5) is 11.4 Å². The minimum Gasteiger partial charge on any atom is -0.396 e. The lowest BCUT2D eigenvalue weighted by Crippen LogP contribution is -2.30. The number of nitrogens with zero attached hydrogens (tertiary/aromatic N) is 1. The number of hydrogen-bond donors (Lipinski definition) is 2. The normalized spacial score (nSPS) is 15.9. The van der Waals surface area contributed by atoms with Crippen molar-refractivity contribution >= 4 is 11.4 Å². The highest BCUT2D eigenvalue weighted by molar-refractivity contribution is 5.69. The molecule has 0 spiro atoms. The molecule has 3 heteroatoms. The van der Waals surface area contributed by atoms with Gasteiger partial charge >= 0.3 is 0 Å². The van der Waals surface area contributed by atoms with Gasteiger partial charge in [-0.3, -0.25) is 0 Å². The SMILES string of the molecule is OCCCNc1ccc[c]c1N1CCCCC1. The average Bonchev–Trinajstić information content (AvgIpc) is 2.41. The molecule has 1 aromatic rings. The number of nitrogens with one attached hydrogen (secondary N) is 1. The number of anilines is 2. The second-order valence-corrected chi connectivity index (χ2v) is 4.48. The van der Waals surface area contributed by atoms with Gasteiger partial charge in [0.05, 0.1) is 11.4 Å². The minimum absolute atomic E-state index is 0.239. The summed E-state index contributed by atoms with van der Waals surface area (Å²) in [6.45, 7) is 3.32. The molecule has 2 N–H and O–H groups in total. The van der Waals surface area contributed by atoms with E-state index in [-0.39, 0.29) is 6.61 Å². The predicted molar refractivity (Wildman–Crippen MR) is 71.5 cm³/mol. The van der Waals surface area contributed by atoms with Crippen LogP contribution in [0.1, 0.15) is 25.7 Å². The summed E-state index contributed by atoms with van der Waals surface area (Å²) in [7, 11) is 0. The molecule has 0 aromatic heterocycles. The molecule has 17 heavy (non-hydrogen) atoms. The first kappa shape index (κ1) is 12.2. The molecule has 0 aliphatic carbocycles. The number of aliphatic hydroxyl groups excluding tert-OH is 1. The van der Waals surface area contributed by atoms with Crippen molar-refractivity contribution in [1.29, 1.82) is 0 Å². The van der Waals surface area contributed by atoms with Crippen LogP contribution in [0.15, 0.2) is 18.2 Å². The van der Waals surface area contributed by atoms with E-state index in [9.17, 15) is 0 Å². The van der Waals surface area contributed by atoms with Crippen LogP contribution in [-0.2, 0) is 0 Å². The van der Waals surface area contributed by atoms with Crippen LogP contribution in [-0.4, -0.2) is 31.3 Å². The maximum absolute atomic E-state index is 8.80. The fraction of sp³-hybridized carbons (Fsp3) is 0.571. The number of benzene rings is 1. The maximum Gasteiger partial charge on any atom is 0.0682 e. The second kappa shape index (κ2) is 6.50. The third kappa shape index (κ3) is 3.37. The summed E-state index contributed by atoms with van der Waals surface area (Å²) < 4.78 is 0. The van der Waals surface area contributed by atoms with Gasteiger partial charge in [-0.15, -0.1) is 0 Å². The number of hydrogen-bond acceptors (Lipinski definition) is 3. The first-order valence-electron chi connectivity index (χ1n) is 6.52. The number of rotatable bonds is 5. The van der Waals surface area contributed by atoms with E-state index in [1.807, 2.05) is 12.1 Å². The van der Waals surface area contributed by atoms with Crippen molar-refractivity contribution in [1.82, 2.24) is 0 Å². The largest absolute Gasteiger partial charge is 0.396 e. The predicted octanol–water partition coefficient (Wildman–Crippen LogP) is 2.27. The highest BCUT2D eigenvalue weighted by Crippen LogP contribution is 2.27. The summed E-state index contributed by atoms with van der Waals surface area (Å²) in [5, 5.41) is 12.2. The first-order chi connectivity index (χ1) is 8.42. The van der Waals surface area contributed by atoms with Crippen molar-refractivity contribution in [3.63, 3.8) is 0 Å². The molecule has 1 fully saturated rings. The smallest absolute Gasteiger partial charge is 0.0682 e. The van der Waals surface area contributed by atoms with Crippen LogP contribution in [0.25, 0.3) is 0 Å². The molecule has 1 heterocycles. The molecular formula is C14H21N2O. The number of para-hydroxylation sites is 1. The summed E-state index contributed by atoms with van der Waals surface area (Å²) in [6, 6.07) is 9.41. The van der Waals surface area contributed by atoms with Crippen LogP contribution < -0.4 is 10.2 Å². The van der Waals surface area contributed by atoms with Gasteiger partial charge < -0.3 is 15.3 Å². The summed E-state index contributed by atoms with van der Waals surface area (Å²) in [6.07, 6.45) is 4.68. The molecule has 1 aromatic carbocycles. The Morgan fingerprint density at radius 2 is 2.12 bits per heavy atom. The Labute approximate surface area is 103 Å². The van der Waals surface area contributed by atoms with Gasteiger partial charge in [-0.25, -0.2) is 0 Å². The highest BCUT2D eigenvalue weighted by atomic mass is 16.3. The Morgan fingerprint density at radius 1 is 1.29 bits per heavy atom. The molecule has 1 aliphatic rings. The zero-order chi connectivity index (χ0) is 11.9. The van der Waals surface area contributed by atoms with Crippen LogP contribution in [0.2, 0.25) is 0 Å².